The molecule has 0 bridgehead atoms. The molecule has 2 aliphatic heterocycles. The number of rotatable bonds is 1. The summed E-state index contributed by atoms with van der Waals surface area (Å²) in [6.07, 6.45) is 0. The van der Waals surface area contributed by atoms with Crippen LogP contribution in [0.4, 0.5) is 0 Å². The number of nitrogens with zero attached hydrogens (tertiary/aromatic N) is 1. The molecule has 0 spiro atoms. The fourth-order valence-electron chi connectivity index (χ4n) is 1.95. The Morgan fingerprint density at radius 1 is 1.60 bits per heavy atom. The molecule has 7 heteroatoms. The van der Waals surface area contributed by atoms with Gasteiger partial charge in [0.2, 0.25) is 5.91 Å². The SMILES string of the molecule is CC1(C)S[C@@H]2[C@H](Cl)C(=O)N2[C@H]1C(=O)[O-].[K+]. The second-order valence-electron chi connectivity index (χ2n) is 3.98. The van der Waals surface area contributed by atoms with E-state index in [1.165, 1.54) is 16.7 Å². The molecule has 0 aromatic heterocycles. The minimum Gasteiger partial charge on any atom is -0.548 e. The standard InChI is InChI=1S/C8H10ClNO3S.K/c1-8(2)4(7(12)13)10-5(11)3(9)6(10)14-8;/h3-4,6H,1-2H3,(H,12,13);/q;+1/p-1/t3-,4+,6-;/m1./s1. The summed E-state index contributed by atoms with van der Waals surface area (Å²) in [6.45, 7) is 3.57. The Hall–Kier alpha value is 1.22. The van der Waals surface area contributed by atoms with E-state index in [4.69, 9.17) is 11.6 Å². The Labute approximate surface area is 140 Å². The van der Waals surface area contributed by atoms with Crippen LogP contribution in [0.5, 0.6) is 0 Å². The summed E-state index contributed by atoms with van der Waals surface area (Å²) in [5.74, 6) is -1.51. The minimum absolute atomic E-state index is 0. The summed E-state index contributed by atoms with van der Waals surface area (Å²) in [6, 6.07) is -0.861. The third-order valence-electron chi connectivity index (χ3n) is 2.60. The van der Waals surface area contributed by atoms with Crippen LogP contribution in [0.1, 0.15) is 13.8 Å². The Balaban J connectivity index is 0.00000112. The molecule has 0 radical (unpaired) electrons. The first-order valence-corrected chi connectivity index (χ1v) is 5.53. The van der Waals surface area contributed by atoms with E-state index in [1.807, 2.05) is 0 Å². The average molecular weight is 274 g/mol. The van der Waals surface area contributed by atoms with Gasteiger partial charge in [0.05, 0.1) is 12.0 Å². The van der Waals surface area contributed by atoms with Crippen LogP contribution in [0.15, 0.2) is 0 Å². The molecular formula is C8H9ClKNO3S. The number of halogens is 1. The number of hydrogen-bond acceptors (Lipinski definition) is 4. The zero-order valence-electron chi connectivity index (χ0n) is 8.69. The van der Waals surface area contributed by atoms with Crippen LogP contribution in [-0.4, -0.2) is 38.3 Å². The monoisotopic (exact) mass is 273 g/mol. The average Bonchev–Trinajstić information content (AvgIpc) is 2.34. The van der Waals surface area contributed by atoms with Crippen molar-refractivity contribution in [1.82, 2.24) is 4.90 Å². The second-order valence-corrected chi connectivity index (χ2v) is 6.22. The molecule has 0 N–H and O–H groups in total. The van der Waals surface area contributed by atoms with Crippen LogP contribution >= 0.6 is 23.4 Å². The van der Waals surface area contributed by atoms with E-state index in [0.717, 1.165) is 0 Å². The van der Waals surface area contributed by atoms with Crippen molar-refractivity contribution in [2.24, 2.45) is 0 Å². The van der Waals surface area contributed by atoms with Crippen molar-refractivity contribution in [2.75, 3.05) is 0 Å². The quantitative estimate of drug-likeness (QED) is 0.282. The molecule has 0 aromatic carbocycles. The van der Waals surface area contributed by atoms with Gasteiger partial charge in [0.25, 0.3) is 0 Å². The molecule has 0 saturated carbocycles. The minimum atomic E-state index is -1.21. The van der Waals surface area contributed by atoms with Crippen molar-refractivity contribution < 1.29 is 66.1 Å². The van der Waals surface area contributed by atoms with Crippen LogP contribution in [0.25, 0.3) is 0 Å². The number of fused-ring (bicyclic) bond motifs is 1. The molecule has 2 aliphatic rings. The van der Waals surface area contributed by atoms with Crippen LogP contribution in [0.2, 0.25) is 0 Å². The van der Waals surface area contributed by atoms with Crippen molar-refractivity contribution in [2.45, 2.75) is 35.4 Å². The number of thioether (sulfide) groups is 1. The van der Waals surface area contributed by atoms with Gasteiger partial charge >= 0.3 is 51.4 Å². The normalized spacial score (nSPS) is 36.6. The van der Waals surface area contributed by atoms with E-state index in [2.05, 4.69) is 0 Å². The zero-order chi connectivity index (χ0) is 10.7. The van der Waals surface area contributed by atoms with Gasteiger partial charge in [-0.1, -0.05) is 0 Å². The van der Waals surface area contributed by atoms with Crippen molar-refractivity contribution in [3.8, 4) is 0 Å². The predicted octanol–water partition coefficient (Wildman–Crippen LogP) is -3.59. The van der Waals surface area contributed by atoms with Gasteiger partial charge in [0.1, 0.15) is 10.8 Å². The molecule has 3 atom stereocenters. The molecule has 2 saturated heterocycles. The number of hydrogen-bond donors (Lipinski definition) is 0. The first-order valence-electron chi connectivity index (χ1n) is 4.21. The van der Waals surface area contributed by atoms with E-state index < -0.39 is 22.1 Å². The van der Waals surface area contributed by atoms with E-state index in [1.54, 1.807) is 13.8 Å². The Morgan fingerprint density at radius 2 is 2.13 bits per heavy atom. The van der Waals surface area contributed by atoms with Crippen molar-refractivity contribution in [3.63, 3.8) is 0 Å². The Bertz CT molecular complexity index is 325. The molecule has 1 amide bonds. The molecule has 0 aromatic rings. The summed E-state index contributed by atoms with van der Waals surface area (Å²) in [5.41, 5.74) is 0. The van der Waals surface area contributed by atoms with E-state index in [0.29, 0.717) is 0 Å². The van der Waals surface area contributed by atoms with Gasteiger partial charge in [-0.2, -0.15) is 0 Å². The molecule has 2 fully saturated rings. The zero-order valence-corrected chi connectivity index (χ0v) is 13.4. The Kier molecular flexibility index (Phi) is 4.26. The van der Waals surface area contributed by atoms with E-state index in [9.17, 15) is 14.7 Å². The number of carboxylic acid groups (broad SMARTS) is 1. The van der Waals surface area contributed by atoms with Gasteiger partial charge in [-0.3, -0.25) is 4.79 Å². The first-order chi connectivity index (χ1) is 6.36. The second kappa shape index (κ2) is 4.47. The number of carbonyl (C=O) groups excluding carboxylic acids is 2. The molecule has 2 heterocycles. The maximum absolute atomic E-state index is 11.3. The van der Waals surface area contributed by atoms with Crippen LogP contribution in [0.3, 0.4) is 0 Å². The molecule has 2 rings (SSSR count). The number of amides is 1. The van der Waals surface area contributed by atoms with E-state index in [-0.39, 0.29) is 62.7 Å². The van der Waals surface area contributed by atoms with Crippen LogP contribution in [0, 0.1) is 0 Å². The smallest absolute Gasteiger partial charge is 0.548 e. The van der Waals surface area contributed by atoms with Gasteiger partial charge in [-0.15, -0.1) is 23.4 Å². The summed E-state index contributed by atoms with van der Waals surface area (Å²) in [7, 11) is 0. The van der Waals surface area contributed by atoms with Gasteiger partial charge < -0.3 is 14.8 Å². The number of carboxylic acids is 1. The third-order valence-corrected chi connectivity index (χ3v) is 4.75. The molecule has 4 nitrogen and oxygen atoms in total. The largest absolute Gasteiger partial charge is 1.00 e. The predicted molar refractivity (Wildman–Crippen MR) is 50.7 cm³/mol. The van der Waals surface area contributed by atoms with Gasteiger partial charge in [-0.25, -0.2) is 0 Å². The van der Waals surface area contributed by atoms with Crippen molar-refractivity contribution in [3.05, 3.63) is 0 Å². The number of alkyl halides is 1. The maximum Gasteiger partial charge on any atom is 1.00 e. The Morgan fingerprint density at radius 3 is 2.60 bits per heavy atom. The summed E-state index contributed by atoms with van der Waals surface area (Å²) in [5, 5.41) is 10.1. The van der Waals surface area contributed by atoms with Gasteiger partial charge in [0.15, 0.2) is 0 Å². The number of aliphatic carboxylic acids is 1. The number of carbonyl (C=O) groups is 2. The number of β-lactam (4-membered cyclic amide) rings is 1. The van der Waals surface area contributed by atoms with Crippen LogP contribution < -0.4 is 56.5 Å². The molecule has 0 unspecified atom stereocenters. The van der Waals surface area contributed by atoms with Gasteiger partial charge in [0, 0.05) is 4.75 Å². The fraction of sp³-hybridized carbons (Fsp3) is 0.750. The van der Waals surface area contributed by atoms with E-state index >= 15 is 0 Å². The summed E-state index contributed by atoms with van der Waals surface area (Å²) >= 11 is 7.19. The fourth-order valence-corrected chi connectivity index (χ4v) is 3.87. The molecular weight excluding hydrogens is 265 g/mol. The maximum atomic E-state index is 11.3. The third kappa shape index (κ3) is 2.03. The first kappa shape index (κ1) is 14.3. The van der Waals surface area contributed by atoms with Gasteiger partial charge in [-0.05, 0) is 13.8 Å². The molecule has 0 aliphatic carbocycles. The summed E-state index contributed by atoms with van der Waals surface area (Å²) in [4.78, 5) is 23.6. The molecule has 78 valence electrons. The topological polar surface area (TPSA) is 60.4 Å². The summed E-state index contributed by atoms with van der Waals surface area (Å²) < 4.78 is -0.525. The van der Waals surface area contributed by atoms with Crippen molar-refractivity contribution >= 4 is 35.2 Å². The molecule has 15 heavy (non-hydrogen) atoms. The van der Waals surface area contributed by atoms with Crippen LogP contribution in [-0.2, 0) is 9.59 Å². The van der Waals surface area contributed by atoms with Crippen molar-refractivity contribution in [1.29, 1.82) is 0 Å².